The van der Waals surface area contributed by atoms with Gasteiger partial charge in [-0.25, -0.2) is 0 Å². The lowest BCUT2D eigenvalue weighted by atomic mass is 9.62. The molecule has 1 saturated heterocycles. The quantitative estimate of drug-likeness (QED) is 0.633. The molecule has 0 aromatic carbocycles. The van der Waals surface area contributed by atoms with Gasteiger partial charge >= 0.3 is 0 Å². The lowest BCUT2D eigenvalue weighted by Crippen LogP contribution is -2.46. The summed E-state index contributed by atoms with van der Waals surface area (Å²) in [5.74, 6) is 1.50. The predicted octanol–water partition coefficient (Wildman–Crippen LogP) is 1.14. The van der Waals surface area contributed by atoms with E-state index in [0.29, 0.717) is 18.4 Å². The lowest BCUT2D eigenvalue weighted by molar-refractivity contribution is -0.102. The van der Waals surface area contributed by atoms with Crippen molar-refractivity contribution in [3.63, 3.8) is 0 Å². The fourth-order valence-electron chi connectivity index (χ4n) is 3.96. The Bertz CT molecular complexity index is 239. The van der Waals surface area contributed by atoms with E-state index in [0.717, 1.165) is 6.42 Å². The molecule has 3 rings (SSSR count). The van der Waals surface area contributed by atoms with Crippen molar-refractivity contribution in [1.82, 2.24) is 0 Å². The number of aliphatic hydroxyl groups is 2. The molecule has 0 amide bonds. The lowest BCUT2D eigenvalue weighted by Gasteiger charge is -2.44. The summed E-state index contributed by atoms with van der Waals surface area (Å²) >= 11 is 0. The molecule has 3 heteroatoms. The molecule has 2 saturated carbocycles. The largest absolute Gasteiger partial charge is 0.392 e. The summed E-state index contributed by atoms with van der Waals surface area (Å²) in [7, 11) is 0. The SMILES string of the molecule is O[C@H]1[C@@H]2CCCC[C@H]2C[C@@H]2[C@H]1CO[C@H]2O. The molecule has 3 aliphatic rings. The maximum Gasteiger partial charge on any atom is 0.157 e. The van der Waals surface area contributed by atoms with E-state index in [4.69, 9.17) is 4.74 Å². The number of ether oxygens (including phenoxy) is 1. The maximum atomic E-state index is 10.3. The van der Waals surface area contributed by atoms with Crippen LogP contribution in [0.15, 0.2) is 0 Å². The molecule has 0 aromatic heterocycles. The number of rotatable bonds is 0. The van der Waals surface area contributed by atoms with Gasteiger partial charge in [-0.05, 0) is 24.7 Å². The fraction of sp³-hybridized carbons (Fsp3) is 1.00. The van der Waals surface area contributed by atoms with Crippen LogP contribution in [0.4, 0.5) is 0 Å². The summed E-state index contributed by atoms with van der Waals surface area (Å²) in [6.07, 6.45) is 5.18. The standard InChI is InChI=1S/C12H20O3/c13-11-8-4-2-1-3-7(8)5-9-10(11)6-15-12(9)14/h7-14H,1-6H2/t7-,8+,9+,10+,11-,12+/m0/s1. The Morgan fingerprint density at radius 2 is 1.73 bits per heavy atom. The molecular weight excluding hydrogens is 192 g/mol. The topological polar surface area (TPSA) is 49.7 Å². The average molecular weight is 212 g/mol. The summed E-state index contributed by atoms with van der Waals surface area (Å²) in [5, 5.41) is 20.0. The van der Waals surface area contributed by atoms with Crippen molar-refractivity contribution in [1.29, 1.82) is 0 Å². The minimum Gasteiger partial charge on any atom is -0.392 e. The zero-order valence-corrected chi connectivity index (χ0v) is 9.01. The van der Waals surface area contributed by atoms with Crippen LogP contribution in [0.5, 0.6) is 0 Å². The normalized spacial score (nSPS) is 54.8. The van der Waals surface area contributed by atoms with Crippen LogP contribution >= 0.6 is 0 Å². The highest BCUT2D eigenvalue weighted by Gasteiger charge is 2.50. The summed E-state index contributed by atoms with van der Waals surface area (Å²) < 4.78 is 5.27. The molecule has 0 unspecified atom stereocenters. The highest BCUT2D eigenvalue weighted by Crippen LogP contribution is 2.48. The first-order valence-electron chi connectivity index (χ1n) is 6.25. The van der Waals surface area contributed by atoms with Crippen LogP contribution in [0.2, 0.25) is 0 Å². The molecule has 0 bridgehead atoms. The first-order valence-corrected chi connectivity index (χ1v) is 6.25. The Morgan fingerprint density at radius 1 is 0.933 bits per heavy atom. The van der Waals surface area contributed by atoms with E-state index >= 15 is 0 Å². The fourth-order valence-corrected chi connectivity index (χ4v) is 3.96. The van der Waals surface area contributed by atoms with Crippen molar-refractivity contribution < 1.29 is 14.9 Å². The molecule has 0 radical (unpaired) electrons. The molecule has 1 aliphatic heterocycles. The predicted molar refractivity (Wildman–Crippen MR) is 55.0 cm³/mol. The second-order valence-corrected chi connectivity index (χ2v) is 5.49. The van der Waals surface area contributed by atoms with Gasteiger partial charge in [0.05, 0.1) is 12.7 Å². The third-order valence-corrected chi connectivity index (χ3v) is 4.80. The van der Waals surface area contributed by atoms with E-state index in [2.05, 4.69) is 0 Å². The molecule has 3 nitrogen and oxygen atoms in total. The summed E-state index contributed by atoms with van der Waals surface area (Å²) in [5.41, 5.74) is 0. The summed E-state index contributed by atoms with van der Waals surface area (Å²) in [4.78, 5) is 0. The van der Waals surface area contributed by atoms with Crippen molar-refractivity contribution in [2.45, 2.75) is 44.5 Å². The Hall–Kier alpha value is -0.120. The number of aliphatic hydroxyl groups excluding tert-OH is 2. The molecule has 2 N–H and O–H groups in total. The van der Waals surface area contributed by atoms with Crippen LogP contribution < -0.4 is 0 Å². The smallest absolute Gasteiger partial charge is 0.157 e. The van der Waals surface area contributed by atoms with Crippen molar-refractivity contribution in [2.75, 3.05) is 6.61 Å². The number of hydrogen-bond acceptors (Lipinski definition) is 3. The van der Waals surface area contributed by atoms with Gasteiger partial charge in [-0.3, -0.25) is 0 Å². The zero-order chi connectivity index (χ0) is 10.4. The van der Waals surface area contributed by atoms with Gasteiger partial charge < -0.3 is 14.9 Å². The minimum absolute atomic E-state index is 0.194. The van der Waals surface area contributed by atoms with Crippen molar-refractivity contribution in [3.05, 3.63) is 0 Å². The van der Waals surface area contributed by atoms with Gasteiger partial charge in [0.2, 0.25) is 0 Å². The van der Waals surface area contributed by atoms with Crippen molar-refractivity contribution in [3.8, 4) is 0 Å². The molecular formula is C12H20O3. The second kappa shape index (κ2) is 3.72. The van der Waals surface area contributed by atoms with Gasteiger partial charge in [-0.15, -0.1) is 0 Å². The van der Waals surface area contributed by atoms with Crippen molar-refractivity contribution in [2.24, 2.45) is 23.7 Å². The molecule has 0 spiro atoms. The Morgan fingerprint density at radius 3 is 2.60 bits per heavy atom. The van der Waals surface area contributed by atoms with Gasteiger partial charge in [-0.1, -0.05) is 19.3 Å². The third-order valence-electron chi connectivity index (χ3n) is 4.80. The summed E-state index contributed by atoms with van der Waals surface area (Å²) in [6, 6.07) is 0. The molecule has 15 heavy (non-hydrogen) atoms. The van der Waals surface area contributed by atoms with E-state index in [1.807, 2.05) is 0 Å². The molecule has 1 heterocycles. The van der Waals surface area contributed by atoms with Crippen LogP contribution in [0.1, 0.15) is 32.1 Å². The van der Waals surface area contributed by atoms with Gasteiger partial charge in [0.1, 0.15) is 0 Å². The summed E-state index contributed by atoms with van der Waals surface area (Å²) in [6.45, 7) is 0.552. The van der Waals surface area contributed by atoms with Crippen LogP contribution in [-0.4, -0.2) is 29.2 Å². The van der Waals surface area contributed by atoms with E-state index in [1.54, 1.807) is 0 Å². The van der Waals surface area contributed by atoms with E-state index < -0.39 is 6.29 Å². The van der Waals surface area contributed by atoms with Crippen molar-refractivity contribution >= 4 is 0 Å². The molecule has 6 atom stereocenters. The van der Waals surface area contributed by atoms with Crippen LogP contribution in [-0.2, 0) is 4.74 Å². The zero-order valence-electron chi connectivity index (χ0n) is 9.01. The van der Waals surface area contributed by atoms with Gasteiger partial charge in [-0.2, -0.15) is 0 Å². The van der Waals surface area contributed by atoms with Crippen LogP contribution in [0, 0.1) is 23.7 Å². The molecule has 3 fully saturated rings. The number of hydrogen-bond donors (Lipinski definition) is 2. The highest BCUT2D eigenvalue weighted by atomic mass is 16.6. The van der Waals surface area contributed by atoms with Gasteiger partial charge in [0.25, 0.3) is 0 Å². The molecule has 86 valence electrons. The molecule has 0 aromatic rings. The Labute approximate surface area is 90.4 Å². The van der Waals surface area contributed by atoms with E-state index in [1.165, 1.54) is 25.7 Å². The third kappa shape index (κ3) is 1.52. The molecule has 2 aliphatic carbocycles. The second-order valence-electron chi connectivity index (χ2n) is 5.49. The van der Waals surface area contributed by atoms with Gasteiger partial charge in [0.15, 0.2) is 6.29 Å². The van der Waals surface area contributed by atoms with Gasteiger partial charge in [0, 0.05) is 11.8 Å². The maximum absolute atomic E-state index is 10.3. The first-order chi connectivity index (χ1) is 7.27. The first kappa shape index (κ1) is 10.1. The highest BCUT2D eigenvalue weighted by molar-refractivity contribution is 4.96. The van der Waals surface area contributed by atoms with Crippen LogP contribution in [0.25, 0.3) is 0 Å². The average Bonchev–Trinajstić information content (AvgIpc) is 2.62. The van der Waals surface area contributed by atoms with E-state index in [-0.39, 0.29) is 17.9 Å². The minimum atomic E-state index is -0.618. The Kier molecular flexibility index (Phi) is 2.49. The van der Waals surface area contributed by atoms with Crippen LogP contribution in [0.3, 0.4) is 0 Å². The Balaban J connectivity index is 1.80. The monoisotopic (exact) mass is 212 g/mol. The number of fused-ring (bicyclic) bond motifs is 2. The van der Waals surface area contributed by atoms with E-state index in [9.17, 15) is 10.2 Å².